The van der Waals surface area contributed by atoms with Gasteiger partial charge in [0.05, 0.1) is 0 Å². The summed E-state index contributed by atoms with van der Waals surface area (Å²) >= 11 is 0. The highest BCUT2D eigenvalue weighted by Crippen LogP contribution is 2.37. The maximum atomic E-state index is 14.2. The first-order valence-electron chi connectivity index (χ1n) is 6.72. The fourth-order valence-electron chi connectivity index (χ4n) is 2.74. The van der Waals surface area contributed by atoms with Crippen molar-refractivity contribution in [1.29, 1.82) is 0 Å². The molecule has 2 rings (SSSR count). The lowest BCUT2D eigenvalue weighted by Gasteiger charge is -2.49. The van der Waals surface area contributed by atoms with Gasteiger partial charge in [0.1, 0.15) is 0 Å². The van der Waals surface area contributed by atoms with Gasteiger partial charge in [0.2, 0.25) is 0 Å². The summed E-state index contributed by atoms with van der Waals surface area (Å²) in [7, 11) is 6.08. The number of hydrogen-bond donors (Lipinski definition) is 1. The normalized spacial score (nSPS) is 17.4. The monoisotopic (exact) mass is 266 g/mol. The molecule has 1 aliphatic carbocycles. The second-order valence-corrected chi connectivity index (χ2v) is 5.64. The van der Waals surface area contributed by atoms with Gasteiger partial charge in [0.15, 0.2) is 11.6 Å². The van der Waals surface area contributed by atoms with Crippen LogP contribution < -0.4 is 10.6 Å². The predicted octanol–water partition coefficient (Wildman–Crippen LogP) is 1.60. The van der Waals surface area contributed by atoms with Crippen molar-refractivity contribution >= 4 is 5.82 Å². The summed E-state index contributed by atoms with van der Waals surface area (Å²) < 4.78 is 14.2. The number of nitrogens with zero attached hydrogens (tertiary/aromatic N) is 3. The predicted molar refractivity (Wildman–Crippen MR) is 75.6 cm³/mol. The Morgan fingerprint density at radius 2 is 2.05 bits per heavy atom. The molecule has 1 aromatic rings. The Bertz CT molecular complexity index is 443. The fraction of sp³-hybridized carbons (Fsp3) is 0.643. The lowest BCUT2D eigenvalue weighted by atomic mass is 9.75. The molecule has 1 fully saturated rings. The fourth-order valence-corrected chi connectivity index (χ4v) is 2.74. The quantitative estimate of drug-likeness (QED) is 0.879. The Kier molecular flexibility index (Phi) is 4.06. The minimum absolute atomic E-state index is 0.154. The number of pyridine rings is 1. The Balaban J connectivity index is 2.18. The van der Waals surface area contributed by atoms with Crippen LogP contribution in [-0.4, -0.2) is 43.1 Å². The van der Waals surface area contributed by atoms with E-state index < -0.39 is 0 Å². The van der Waals surface area contributed by atoms with Crippen LogP contribution in [0, 0.1) is 5.82 Å². The van der Waals surface area contributed by atoms with Gasteiger partial charge in [-0.15, -0.1) is 0 Å². The zero-order valence-corrected chi connectivity index (χ0v) is 12.0. The SMILES string of the molecule is CN(CC1(N(C)C)CCC1)c1nccc(CN)c1F. The third kappa shape index (κ3) is 2.58. The first-order chi connectivity index (χ1) is 9.00. The Hall–Kier alpha value is -1.20. The van der Waals surface area contributed by atoms with Gasteiger partial charge in [0, 0.05) is 37.4 Å². The molecule has 106 valence electrons. The highest BCUT2D eigenvalue weighted by atomic mass is 19.1. The van der Waals surface area contributed by atoms with Crippen LogP contribution in [0.5, 0.6) is 0 Å². The first kappa shape index (κ1) is 14.2. The highest BCUT2D eigenvalue weighted by molar-refractivity contribution is 5.43. The van der Waals surface area contributed by atoms with Gasteiger partial charge in [-0.25, -0.2) is 9.37 Å². The van der Waals surface area contributed by atoms with E-state index in [0.29, 0.717) is 11.4 Å². The van der Waals surface area contributed by atoms with E-state index >= 15 is 0 Å². The largest absolute Gasteiger partial charge is 0.355 e. The molecule has 1 saturated carbocycles. The van der Waals surface area contributed by atoms with E-state index in [2.05, 4.69) is 24.0 Å². The van der Waals surface area contributed by atoms with E-state index in [1.165, 1.54) is 6.42 Å². The van der Waals surface area contributed by atoms with Crippen LogP contribution >= 0.6 is 0 Å². The second kappa shape index (κ2) is 5.43. The minimum atomic E-state index is -0.291. The summed E-state index contributed by atoms with van der Waals surface area (Å²) in [5.74, 6) is 0.108. The number of likely N-dealkylation sites (N-methyl/N-ethyl adjacent to an activating group) is 2. The average Bonchev–Trinajstić information content (AvgIpc) is 2.33. The molecule has 0 aromatic carbocycles. The molecule has 4 nitrogen and oxygen atoms in total. The zero-order valence-electron chi connectivity index (χ0n) is 12.0. The molecule has 1 aliphatic rings. The first-order valence-corrected chi connectivity index (χ1v) is 6.72. The van der Waals surface area contributed by atoms with Crippen LogP contribution in [0.15, 0.2) is 12.3 Å². The molecule has 1 aromatic heterocycles. The van der Waals surface area contributed by atoms with Gasteiger partial charge in [0.25, 0.3) is 0 Å². The second-order valence-electron chi connectivity index (χ2n) is 5.64. The standard InChI is InChI=1S/C14H23FN4/c1-18(2)14(6-4-7-14)10-19(3)13-12(15)11(9-16)5-8-17-13/h5,8H,4,6-7,9-10,16H2,1-3H3. The summed E-state index contributed by atoms with van der Waals surface area (Å²) in [5.41, 5.74) is 6.21. The number of halogens is 1. The molecule has 5 heteroatoms. The Morgan fingerprint density at radius 1 is 1.37 bits per heavy atom. The number of hydrogen-bond acceptors (Lipinski definition) is 4. The number of rotatable bonds is 5. The van der Waals surface area contributed by atoms with Crippen LogP contribution in [-0.2, 0) is 6.54 Å². The molecular formula is C14H23FN4. The van der Waals surface area contributed by atoms with Crippen LogP contribution in [0.2, 0.25) is 0 Å². The lowest BCUT2D eigenvalue weighted by molar-refractivity contribution is 0.0680. The van der Waals surface area contributed by atoms with Gasteiger partial charge in [-0.2, -0.15) is 0 Å². The van der Waals surface area contributed by atoms with Crippen molar-refractivity contribution < 1.29 is 4.39 Å². The third-order valence-corrected chi connectivity index (χ3v) is 4.30. The van der Waals surface area contributed by atoms with E-state index in [0.717, 1.165) is 19.4 Å². The molecular weight excluding hydrogens is 243 g/mol. The third-order valence-electron chi connectivity index (χ3n) is 4.30. The minimum Gasteiger partial charge on any atom is -0.355 e. The zero-order chi connectivity index (χ0) is 14.0. The number of anilines is 1. The summed E-state index contributed by atoms with van der Waals surface area (Å²) in [6.07, 6.45) is 5.18. The maximum Gasteiger partial charge on any atom is 0.170 e. The molecule has 0 unspecified atom stereocenters. The molecule has 0 radical (unpaired) electrons. The van der Waals surface area contributed by atoms with Crippen molar-refractivity contribution in [2.24, 2.45) is 5.73 Å². The van der Waals surface area contributed by atoms with E-state index in [1.54, 1.807) is 12.3 Å². The van der Waals surface area contributed by atoms with Crippen molar-refractivity contribution in [2.45, 2.75) is 31.3 Å². The van der Waals surface area contributed by atoms with Gasteiger partial charge >= 0.3 is 0 Å². The van der Waals surface area contributed by atoms with Gasteiger partial charge in [-0.3, -0.25) is 0 Å². The van der Waals surface area contributed by atoms with Crippen molar-refractivity contribution in [3.63, 3.8) is 0 Å². The Morgan fingerprint density at radius 3 is 2.53 bits per heavy atom. The van der Waals surface area contributed by atoms with Crippen LogP contribution in [0.1, 0.15) is 24.8 Å². The smallest absolute Gasteiger partial charge is 0.170 e. The molecule has 0 spiro atoms. The Labute approximate surface area is 114 Å². The van der Waals surface area contributed by atoms with E-state index in [4.69, 9.17) is 5.73 Å². The molecule has 0 atom stereocenters. The van der Waals surface area contributed by atoms with Gasteiger partial charge < -0.3 is 15.5 Å². The summed E-state index contributed by atoms with van der Waals surface area (Å²) in [6.45, 7) is 0.992. The topological polar surface area (TPSA) is 45.4 Å². The molecule has 2 N–H and O–H groups in total. The van der Waals surface area contributed by atoms with Gasteiger partial charge in [-0.05, 0) is 39.4 Å². The lowest BCUT2D eigenvalue weighted by Crippen LogP contribution is -2.57. The van der Waals surface area contributed by atoms with E-state index in [-0.39, 0.29) is 17.9 Å². The molecule has 0 bridgehead atoms. The number of nitrogens with two attached hydrogens (primary N) is 1. The highest BCUT2D eigenvalue weighted by Gasteiger charge is 2.40. The van der Waals surface area contributed by atoms with Crippen molar-refractivity contribution in [2.75, 3.05) is 32.6 Å². The van der Waals surface area contributed by atoms with Crippen molar-refractivity contribution in [3.8, 4) is 0 Å². The molecule has 19 heavy (non-hydrogen) atoms. The summed E-state index contributed by atoms with van der Waals surface area (Å²) in [6, 6.07) is 1.64. The van der Waals surface area contributed by atoms with Gasteiger partial charge in [-0.1, -0.05) is 0 Å². The maximum absolute atomic E-state index is 14.2. The average molecular weight is 266 g/mol. The van der Waals surface area contributed by atoms with E-state index in [1.807, 2.05) is 11.9 Å². The van der Waals surface area contributed by atoms with Crippen LogP contribution in [0.4, 0.5) is 10.2 Å². The van der Waals surface area contributed by atoms with Crippen LogP contribution in [0.25, 0.3) is 0 Å². The molecule has 0 aliphatic heterocycles. The molecule has 0 amide bonds. The van der Waals surface area contributed by atoms with Crippen molar-refractivity contribution in [3.05, 3.63) is 23.6 Å². The molecule has 0 saturated heterocycles. The molecule has 1 heterocycles. The number of aromatic nitrogens is 1. The van der Waals surface area contributed by atoms with Crippen LogP contribution in [0.3, 0.4) is 0 Å². The summed E-state index contributed by atoms with van der Waals surface area (Å²) in [4.78, 5) is 8.32. The van der Waals surface area contributed by atoms with Crippen molar-refractivity contribution in [1.82, 2.24) is 9.88 Å². The van der Waals surface area contributed by atoms with E-state index in [9.17, 15) is 4.39 Å². The summed E-state index contributed by atoms with van der Waals surface area (Å²) in [5, 5.41) is 0.